The van der Waals surface area contributed by atoms with Crippen molar-refractivity contribution in [2.45, 2.75) is 12.8 Å². The number of likely N-dealkylation sites (tertiary alicyclic amines) is 1. The molecule has 1 aromatic heterocycles. The van der Waals surface area contributed by atoms with Gasteiger partial charge in [0.2, 0.25) is 0 Å². The van der Waals surface area contributed by atoms with Gasteiger partial charge in [0.05, 0.1) is 10.6 Å². The molecule has 2 amide bonds. The van der Waals surface area contributed by atoms with E-state index in [0.29, 0.717) is 31.1 Å². The predicted octanol–water partition coefficient (Wildman–Crippen LogP) is 3.16. The number of amides is 2. The van der Waals surface area contributed by atoms with Crippen LogP contribution in [0, 0.1) is 11.7 Å². The number of hydrogen-bond donors (Lipinski definition) is 1. The van der Waals surface area contributed by atoms with E-state index in [-0.39, 0.29) is 22.4 Å². The molecule has 136 valence electrons. The highest BCUT2D eigenvalue weighted by Crippen LogP contribution is 2.20. The molecular weight excluding hydrogens is 357 g/mol. The monoisotopic (exact) mass is 375 g/mol. The predicted molar refractivity (Wildman–Crippen MR) is 96.6 cm³/mol. The zero-order valence-electron chi connectivity index (χ0n) is 14.1. The Morgan fingerprint density at radius 2 is 1.88 bits per heavy atom. The van der Waals surface area contributed by atoms with Crippen LogP contribution in [0.2, 0.25) is 5.02 Å². The van der Waals surface area contributed by atoms with Gasteiger partial charge in [0, 0.05) is 37.6 Å². The van der Waals surface area contributed by atoms with Crippen molar-refractivity contribution >= 4 is 23.4 Å². The van der Waals surface area contributed by atoms with E-state index < -0.39 is 5.82 Å². The number of aromatic nitrogens is 1. The van der Waals surface area contributed by atoms with Gasteiger partial charge in [-0.3, -0.25) is 14.6 Å². The zero-order chi connectivity index (χ0) is 18.5. The molecule has 5 nitrogen and oxygen atoms in total. The number of nitrogens with one attached hydrogen (secondary N) is 1. The van der Waals surface area contributed by atoms with Crippen LogP contribution in [0.3, 0.4) is 0 Å². The average Bonchev–Trinajstić information content (AvgIpc) is 2.66. The summed E-state index contributed by atoms with van der Waals surface area (Å²) < 4.78 is 13.1. The molecule has 7 heteroatoms. The first-order chi connectivity index (χ1) is 12.5. The van der Waals surface area contributed by atoms with Crippen LogP contribution in [0.1, 0.15) is 33.6 Å². The summed E-state index contributed by atoms with van der Waals surface area (Å²) in [4.78, 5) is 30.3. The zero-order valence-corrected chi connectivity index (χ0v) is 14.9. The fraction of sp³-hybridized carbons (Fsp3) is 0.316. The number of benzene rings is 1. The maximum Gasteiger partial charge on any atom is 0.253 e. The van der Waals surface area contributed by atoms with Gasteiger partial charge in [-0.25, -0.2) is 4.39 Å². The molecule has 0 spiro atoms. The smallest absolute Gasteiger partial charge is 0.253 e. The minimum atomic E-state index is -0.474. The van der Waals surface area contributed by atoms with E-state index in [1.165, 1.54) is 12.1 Å². The van der Waals surface area contributed by atoms with Gasteiger partial charge >= 0.3 is 0 Å². The van der Waals surface area contributed by atoms with E-state index in [0.717, 1.165) is 18.9 Å². The van der Waals surface area contributed by atoms with E-state index >= 15 is 0 Å². The summed E-state index contributed by atoms with van der Waals surface area (Å²) >= 11 is 5.91. The highest BCUT2D eigenvalue weighted by Gasteiger charge is 2.24. The molecule has 0 aliphatic carbocycles. The van der Waals surface area contributed by atoms with Crippen molar-refractivity contribution in [3.05, 3.63) is 64.7 Å². The minimum Gasteiger partial charge on any atom is -0.352 e. The van der Waals surface area contributed by atoms with Gasteiger partial charge < -0.3 is 10.2 Å². The Morgan fingerprint density at radius 1 is 1.19 bits per heavy atom. The Hall–Kier alpha value is -2.47. The SMILES string of the molecule is O=C(NCC1CCN(C(=O)c2ccncc2)CC1)c1ccc(F)cc1Cl. The second kappa shape index (κ2) is 8.27. The summed E-state index contributed by atoms with van der Waals surface area (Å²) in [6, 6.07) is 7.13. The molecule has 0 saturated carbocycles. The number of hydrogen-bond acceptors (Lipinski definition) is 3. The van der Waals surface area contributed by atoms with Gasteiger partial charge in [0.15, 0.2) is 0 Å². The van der Waals surface area contributed by atoms with Crippen molar-refractivity contribution in [3.8, 4) is 0 Å². The van der Waals surface area contributed by atoms with Crippen LogP contribution in [0.5, 0.6) is 0 Å². The van der Waals surface area contributed by atoms with Crippen molar-refractivity contribution in [2.24, 2.45) is 5.92 Å². The number of pyridine rings is 1. The second-order valence-corrected chi connectivity index (χ2v) is 6.71. The first-order valence-corrected chi connectivity index (χ1v) is 8.85. The molecule has 1 aromatic carbocycles. The molecule has 1 N–H and O–H groups in total. The van der Waals surface area contributed by atoms with Gasteiger partial charge in [0.25, 0.3) is 11.8 Å². The molecule has 0 atom stereocenters. The molecule has 1 aliphatic rings. The summed E-state index contributed by atoms with van der Waals surface area (Å²) in [5.41, 5.74) is 0.899. The third-order valence-corrected chi connectivity index (χ3v) is 4.87. The molecule has 2 heterocycles. The van der Waals surface area contributed by atoms with Crippen LogP contribution in [0.4, 0.5) is 4.39 Å². The Morgan fingerprint density at radius 3 is 2.54 bits per heavy atom. The number of nitrogens with zero attached hydrogens (tertiary/aromatic N) is 2. The number of carbonyl (C=O) groups excluding carboxylic acids is 2. The quantitative estimate of drug-likeness (QED) is 0.892. The fourth-order valence-electron chi connectivity index (χ4n) is 3.02. The van der Waals surface area contributed by atoms with Crippen molar-refractivity contribution in [1.29, 1.82) is 0 Å². The maximum atomic E-state index is 13.1. The van der Waals surface area contributed by atoms with Gasteiger partial charge in [0.1, 0.15) is 5.82 Å². The number of piperidine rings is 1. The van der Waals surface area contributed by atoms with Crippen LogP contribution in [-0.4, -0.2) is 41.3 Å². The third-order valence-electron chi connectivity index (χ3n) is 4.56. The third kappa shape index (κ3) is 4.38. The maximum absolute atomic E-state index is 13.1. The van der Waals surface area contributed by atoms with Gasteiger partial charge in [-0.05, 0) is 49.1 Å². The second-order valence-electron chi connectivity index (χ2n) is 6.31. The molecule has 2 aromatic rings. The molecule has 3 rings (SSSR count). The van der Waals surface area contributed by atoms with E-state index in [1.807, 2.05) is 4.90 Å². The minimum absolute atomic E-state index is 0.00739. The highest BCUT2D eigenvalue weighted by atomic mass is 35.5. The summed E-state index contributed by atoms with van der Waals surface area (Å²) in [5.74, 6) is -0.490. The molecule has 1 saturated heterocycles. The summed E-state index contributed by atoms with van der Waals surface area (Å²) in [6.07, 6.45) is 4.84. The van der Waals surface area contributed by atoms with E-state index in [4.69, 9.17) is 11.6 Å². The summed E-state index contributed by atoms with van der Waals surface area (Å²) in [7, 11) is 0. The molecule has 26 heavy (non-hydrogen) atoms. The number of carbonyl (C=O) groups is 2. The lowest BCUT2D eigenvalue weighted by molar-refractivity contribution is 0.0684. The van der Waals surface area contributed by atoms with Crippen LogP contribution in [0.15, 0.2) is 42.7 Å². The van der Waals surface area contributed by atoms with Gasteiger partial charge in [-0.15, -0.1) is 0 Å². The van der Waals surface area contributed by atoms with E-state index in [1.54, 1.807) is 24.5 Å². The molecular formula is C19H19ClFN3O2. The Balaban J connectivity index is 1.48. The lowest BCUT2D eigenvalue weighted by Crippen LogP contribution is -2.41. The van der Waals surface area contributed by atoms with Crippen LogP contribution >= 0.6 is 11.6 Å². The first kappa shape index (κ1) is 18.3. The standard InChI is InChI=1S/C19H19ClFN3O2/c20-17-11-15(21)1-2-16(17)18(25)23-12-13-5-9-24(10-6-13)19(26)14-3-7-22-8-4-14/h1-4,7-8,11,13H,5-6,9-10,12H2,(H,23,25). The van der Waals surface area contributed by atoms with Crippen LogP contribution in [0.25, 0.3) is 0 Å². The lowest BCUT2D eigenvalue weighted by atomic mass is 9.96. The topological polar surface area (TPSA) is 62.3 Å². The normalized spacial score (nSPS) is 14.9. The largest absolute Gasteiger partial charge is 0.352 e. The molecule has 0 unspecified atom stereocenters. The molecule has 0 bridgehead atoms. The molecule has 0 radical (unpaired) electrons. The van der Waals surface area contributed by atoms with E-state index in [9.17, 15) is 14.0 Å². The van der Waals surface area contributed by atoms with Crippen molar-refractivity contribution in [1.82, 2.24) is 15.2 Å². The van der Waals surface area contributed by atoms with Crippen LogP contribution < -0.4 is 5.32 Å². The van der Waals surface area contributed by atoms with Gasteiger partial charge in [-0.1, -0.05) is 11.6 Å². The summed E-state index contributed by atoms with van der Waals surface area (Å²) in [6.45, 7) is 1.81. The van der Waals surface area contributed by atoms with Gasteiger partial charge in [-0.2, -0.15) is 0 Å². The number of rotatable bonds is 4. The van der Waals surface area contributed by atoms with Crippen molar-refractivity contribution in [3.63, 3.8) is 0 Å². The fourth-order valence-corrected chi connectivity index (χ4v) is 3.28. The van der Waals surface area contributed by atoms with E-state index in [2.05, 4.69) is 10.3 Å². The Bertz CT molecular complexity index is 793. The number of halogens is 2. The summed E-state index contributed by atoms with van der Waals surface area (Å²) in [5, 5.41) is 2.94. The lowest BCUT2D eigenvalue weighted by Gasteiger charge is -2.32. The van der Waals surface area contributed by atoms with Crippen LogP contribution in [-0.2, 0) is 0 Å². The average molecular weight is 376 g/mol. The Labute approximate surface area is 156 Å². The molecule has 1 aliphatic heterocycles. The molecule has 1 fully saturated rings. The Kier molecular flexibility index (Phi) is 5.83. The van der Waals surface area contributed by atoms with Crippen molar-refractivity contribution < 1.29 is 14.0 Å². The highest BCUT2D eigenvalue weighted by molar-refractivity contribution is 6.33. The van der Waals surface area contributed by atoms with Crippen molar-refractivity contribution in [2.75, 3.05) is 19.6 Å². The first-order valence-electron chi connectivity index (χ1n) is 8.47.